The van der Waals surface area contributed by atoms with Crippen LogP contribution in [0.4, 0.5) is 0 Å². The molecule has 27 heavy (non-hydrogen) atoms. The minimum atomic E-state index is -5.62. The Kier molecular flexibility index (Phi) is 33.3. The molecule has 0 aromatic carbocycles. The van der Waals surface area contributed by atoms with Crippen LogP contribution in [0.15, 0.2) is 0 Å². The van der Waals surface area contributed by atoms with Crippen LogP contribution in [0.5, 0.6) is 0 Å². The number of hydrogen-bond acceptors (Lipinski definition) is 20. The van der Waals surface area contributed by atoms with Crippen molar-refractivity contribution in [2.24, 2.45) is 0 Å². The summed E-state index contributed by atoms with van der Waals surface area (Å²) < 4.78 is 172. The van der Waals surface area contributed by atoms with Crippen molar-refractivity contribution in [2.45, 2.75) is 0 Å². The van der Waals surface area contributed by atoms with Gasteiger partial charge in [-0.1, -0.05) is 0 Å². The summed E-state index contributed by atoms with van der Waals surface area (Å²) >= 11 is -28.1. The monoisotopic (exact) mass is 696 g/mol. The third kappa shape index (κ3) is 9430. The van der Waals surface area contributed by atoms with E-state index in [1.54, 1.807) is 0 Å². The van der Waals surface area contributed by atoms with Crippen molar-refractivity contribution < 1.29 is 184 Å². The topological polar surface area (TPSA) is 401 Å². The van der Waals surface area contributed by atoms with Crippen molar-refractivity contribution in [1.82, 2.24) is 0 Å². The maximum atomic E-state index is 8.58. The average Bonchev–Trinajstić information content (AvgIpc) is 1.79. The first kappa shape index (κ1) is 46.5. The minimum Gasteiger partial charge on any atom is 0 e. The standard InChI is InChI=1S/5Mn.20O.2V/q;;;;;;;;;;;;;;;10*-1;;. The van der Waals surface area contributed by atoms with E-state index in [0.29, 0.717) is 0 Å². The summed E-state index contributed by atoms with van der Waals surface area (Å²) in [7, 11) is 0. The van der Waals surface area contributed by atoms with Crippen molar-refractivity contribution in [1.29, 1.82) is 0 Å². The Bertz CT molecular complexity index is 619. The van der Waals surface area contributed by atoms with Gasteiger partial charge < -0.3 is 0 Å². The van der Waals surface area contributed by atoms with Gasteiger partial charge in [-0.15, -0.1) is 0 Å². The summed E-state index contributed by atoms with van der Waals surface area (Å²) in [5.41, 5.74) is 0. The second kappa shape index (κ2) is 19.3. The van der Waals surface area contributed by atoms with Crippen LogP contribution in [0.3, 0.4) is 0 Å². The molecule has 175 valence electrons. The molecule has 0 aliphatic rings. The zero-order valence-corrected chi connectivity index (χ0v) is 19.6. The fourth-order valence-corrected chi connectivity index (χ4v) is 0. The predicted molar refractivity (Wildman–Crippen MR) is 6.86 cm³/mol. The Morgan fingerprint density at radius 3 is 0.259 bits per heavy atom. The fraction of sp³-hybridized carbons (Fsp3) is 0. The summed E-state index contributed by atoms with van der Waals surface area (Å²) in [6, 6.07) is 0. The predicted octanol–water partition coefficient (Wildman–Crippen LogP) is -13.1. The second-order valence-electron chi connectivity index (χ2n) is 1.89. The van der Waals surface area contributed by atoms with Gasteiger partial charge in [-0.05, 0) is 0 Å². The van der Waals surface area contributed by atoms with Crippen LogP contribution in [0, 0.1) is 0 Å². The van der Waals surface area contributed by atoms with E-state index < -0.39 is 66.8 Å². The molecule has 0 spiro atoms. The third-order valence-electron chi connectivity index (χ3n) is 0. The van der Waals surface area contributed by atoms with E-state index >= 15 is 0 Å². The van der Waals surface area contributed by atoms with E-state index in [1.165, 1.54) is 0 Å². The molecule has 0 bridgehead atoms. The summed E-state index contributed by atoms with van der Waals surface area (Å²) in [6.07, 6.45) is 0. The normalized spacial score (nSPS) is 10.7. The van der Waals surface area contributed by atoms with Gasteiger partial charge in [0.2, 0.25) is 0 Å². The molecule has 0 fully saturated rings. The van der Waals surface area contributed by atoms with Gasteiger partial charge in [-0.2, -0.15) is 0 Å². The van der Waals surface area contributed by atoms with Crippen LogP contribution >= 0.6 is 0 Å². The molecule has 20 nitrogen and oxygen atoms in total. The first-order chi connectivity index (χ1) is 10.0. The molecule has 0 aliphatic heterocycles. The molecule has 0 aromatic heterocycles. The van der Waals surface area contributed by atoms with Crippen molar-refractivity contribution in [3.05, 3.63) is 0 Å². The summed E-state index contributed by atoms with van der Waals surface area (Å²) in [6.45, 7) is 0. The van der Waals surface area contributed by atoms with Crippen LogP contribution in [-0.4, -0.2) is 0 Å². The van der Waals surface area contributed by atoms with Gasteiger partial charge in [0, 0.05) is 37.1 Å². The molecule has 0 unspecified atom stereocenters. The largest absolute Gasteiger partial charge is 0 e. The van der Waals surface area contributed by atoms with E-state index in [2.05, 4.69) is 0 Å². The van der Waals surface area contributed by atoms with E-state index in [9.17, 15) is 0 Å². The minimum absolute atomic E-state index is 0. The first-order valence-corrected chi connectivity index (χ1v) is 12.7. The van der Waals surface area contributed by atoms with Crippen molar-refractivity contribution in [3.8, 4) is 0 Å². The van der Waals surface area contributed by atoms with E-state index in [0.717, 1.165) is 0 Å². The fourth-order valence-electron chi connectivity index (χ4n) is 0. The molecular weight excluding hydrogens is 697 g/mol. The molecular formula is Mn5O20V2-10. The van der Waals surface area contributed by atoms with Gasteiger partial charge in [0.15, 0.2) is 0 Å². The van der Waals surface area contributed by atoms with Gasteiger partial charge in [0.25, 0.3) is 0 Å². The van der Waals surface area contributed by atoms with Crippen molar-refractivity contribution in [3.63, 3.8) is 0 Å². The van der Waals surface area contributed by atoms with E-state index in [4.69, 9.17) is 80.2 Å². The van der Waals surface area contributed by atoms with Gasteiger partial charge in [-0.3, -0.25) is 0 Å². The number of rotatable bonds is 0. The molecule has 0 rings (SSSR count). The molecule has 0 atom stereocenters. The Morgan fingerprint density at radius 1 is 0.259 bits per heavy atom. The smallest absolute Gasteiger partial charge is 0 e. The first-order valence-electron chi connectivity index (χ1n) is 3.09. The Labute approximate surface area is 182 Å². The summed E-state index contributed by atoms with van der Waals surface area (Å²) in [5, 5.41) is 0. The zero-order chi connectivity index (χ0) is 22.5. The van der Waals surface area contributed by atoms with Crippen LogP contribution in [0.2, 0.25) is 0 Å². The van der Waals surface area contributed by atoms with Gasteiger partial charge in [0.1, 0.15) is 0 Å². The second-order valence-corrected chi connectivity index (χ2v) is 7.79. The molecule has 0 aromatic rings. The van der Waals surface area contributed by atoms with Crippen LogP contribution in [-0.2, 0) is 142 Å². The quantitative estimate of drug-likeness (QED) is 0.212. The van der Waals surface area contributed by atoms with Crippen LogP contribution in [0.25, 0.3) is 0 Å². The van der Waals surface area contributed by atoms with Crippen LogP contribution in [0.1, 0.15) is 0 Å². The molecule has 0 saturated carbocycles. The van der Waals surface area contributed by atoms with Gasteiger partial charge >= 0.3 is 147 Å². The SMILES string of the molecule is [O]=[Mn](=[O])([O-])[O-].[O]=[Mn](=[O])([O-])[O-].[O]=[Mn](=[O])([O-])[O-].[O]=[Mn](=[O])([O-])[O-].[O]=[Mn](=[O])([O-])[O-].[V].[V]. The van der Waals surface area contributed by atoms with Crippen molar-refractivity contribution >= 4 is 0 Å². The summed E-state index contributed by atoms with van der Waals surface area (Å²) in [5.74, 6) is 0. The van der Waals surface area contributed by atoms with Gasteiger partial charge in [0.05, 0.1) is 0 Å². The third-order valence-corrected chi connectivity index (χ3v) is 0. The van der Waals surface area contributed by atoms with Crippen LogP contribution < -0.4 is 41.9 Å². The molecule has 0 N–H and O–H groups in total. The van der Waals surface area contributed by atoms with Crippen molar-refractivity contribution in [2.75, 3.05) is 0 Å². The van der Waals surface area contributed by atoms with E-state index in [1.807, 2.05) is 0 Å². The Hall–Kier alpha value is 1.37. The number of hydrogen-bond donors (Lipinski definition) is 0. The Balaban J connectivity index is -0.0000000364. The molecule has 27 heteroatoms. The molecule has 0 heterocycles. The molecule has 0 amide bonds. The zero-order valence-electron chi connectivity index (χ0n) is 10.9. The molecule has 0 saturated heterocycles. The maximum absolute atomic E-state index is 8.58. The maximum Gasteiger partial charge on any atom is 0 e. The van der Waals surface area contributed by atoms with E-state index in [-0.39, 0.29) is 37.1 Å². The molecule has 0 aliphatic carbocycles. The molecule has 2 radical (unpaired) electrons. The average molecular weight is 697 g/mol. The summed E-state index contributed by atoms with van der Waals surface area (Å²) in [4.78, 5) is 0. The van der Waals surface area contributed by atoms with Gasteiger partial charge in [-0.25, -0.2) is 0 Å². The Morgan fingerprint density at radius 2 is 0.259 bits per heavy atom.